The number of imide groups is 1. The number of methoxy groups -OCH3 is 1. The van der Waals surface area contributed by atoms with Crippen molar-refractivity contribution in [2.75, 3.05) is 184 Å². The Kier molecular flexibility index (Phi) is 31.3. The van der Waals surface area contributed by atoms with E-state index in [9.17, 15) is 27.6 Å². The van der Waals surface area contributed by atoms with E-state index in [4.69, 9.17) is 77.2 Å². The maximum absolute atomic E-state index is 14.9. The number of nitrogens with one attached hydrogen (secondary N) is 1. The van der Waals surface area contributed by atoms with Crippen LogP contribution in [0.4, 0.5) is 5.69 Å². The summed E-state index contributed by atoms with van der Waals surface area (Å²) >= 11 is 0. The number of rotatable bonds is 46. The molecule has 0 saturated carbocycles. The zero-order valence-corrected chi connectivity index (χ0v) is 47.5. The minimum absolute atomic E-state index is 0.00659. The van der Waals surface area contributed by atoms with Crippen molar-refractivity contribution in [1.29, 1.82) is 5.41 Å². The van der Waals surface area contributed by atoms with Crippen LogP contribution in [0.2, 0.25) is 0 Å². The van der Waals surface area contributed by atoms with E-state index < -0.39 is 33.5 Å². The van der Waals surface area contributed by atoms with Crippen molar-refractivity contribution in [1.82, 2.24) is 9.96 Å². The third-order valence-electron chi connectivity index (χ3n) is 12.1. The predicted molar refractivity (Wildman–Crippen MR) is 294 cm³/mol. The molecule has 3 amide bonds. The van der Waals surface area contributed by atoms with Crippen molar-refractivity contribution in [3.63, 3.8) is 0 Å². The van der Waals surface area contributed by atoms with Crippen molar-refractivity contribution in [2.24, 2.45) is 0 Å². The second-order valence-electron chi connectivity index (χ2n) is 18.3. The van der Waals surface area contributed by atoms with Gasteiger partial charge in [0.2, 0.25) is 0 Å². The number of carbonyl (C=O) groups is 4. The molecule has 0 aromatic heterocycles. The first-order chi connectivity index (χ1) is 39.4. The molecule has 1 saturated heterocycles. The molecule has 2 aromatic carbocycles. The van der Waals surface area contributed by atoms with E-state index in [-0.39, 0.29) is 68.0 Å². The summed E-state index contributed by atoms with van der Waals surface area (Å²) in [7, 11) is -2.11. The number of hydroxylamine groups is 2. The van der Waals surface area contributed by atoms with Crippen LogP contribution in [0.3, 0.4) is 0 Å². The Morgan fingerprint density at radius 3 is 1.54 bits per heavy atom. The zero-order chi connectivity index (χ0) is 57.9. The molecule has 3 aliphatic rings. The number of hydrogen-bond donors (Lipinski definition) is 2. The number of ether oxygens (including phenoxy) is 12. The normalized spacial score (nSPS) is 12.8. The Labute approximate surface area is 473 Å². The highest BCUT2D eigenvalue weighted by atomic mass is 32.2. The number of nitrogens with zero attached hydrogens (tertiary/aromatic N) is 2. The first-order valence-corrected chi connectivity index (χ1v) is 29.1. The third kappa shape index (κ3) is 24.9. The van der Waals surface area contributed by atoms with E-state index in [1.54, 1.807) is 48.4 Å². The Bertz CT molecular complexity index is 2640. The van der Waals surface area contributed by atoms with Crippen LogP contribution < -0.4 is 11.1 Å². The van der Waals surface area contributed by atoms with Crippen molar-refractivity contribution in [2.45, 2.75) is 43.4 Å². The smallest absolute Gasteiger partial charge is 0.333 e. The summed E-state index contributed by atoms with van der Waals surface area (Å²) in [5.74, 6) is -1.91. The van der Waals surface area contributed by atoms with Crippen LogP contribution in [0.25, 0.3) is 33.4 Å². The second-order valence-corrected chi connectivity index (χ2v) is 20.3. The molecule has 81 heavy (non-hydrogen) atoms. The Morgan fingerprint density at radius 2 is 1.06 bits per heavy atom. The van der Waals surface area contributed by atoms with E-state index in [1.807, 2.05) is 0 Å². The molecular formula is C56H80N4O20S. The molecule has 2 aliphatic heterocycles. The molecule has 5 rings (SSSR count). The lowest BCUT2D eigenvalue weighted by atomic mass is 9.90. The van der Waals surface area contributed by atoms with Crippen LogP contribution in [0.15, 0.2) is 63.9 Å². The molecule has 0 unspecified atom stereocenters. The van der Waals surface area contributed by atoms with Crippen molar-refractivity contribution < 1.29 is 93.7 Å². The predicted octanol–water partition coefficient (Wildman–Crippen LogP) is 4.11. The van der Waals surface area contributed by atoms with E-state index in [2.05, 4.69) is 0 Å². The van der Waals surface area contributed by atoms with Crippen LogP contribution in [-0.4, -0.2) is 220 Å². The van der Waals surface area contributed by atoms with Crippen LogP contribution in [0.5, 0.6) is 0 Å². The number of nitrogens with two attached hydrogens (primary N) is 1. The van der Waals surface area contributed by atoms with Crippen LogP contribution >= 0.6 is 0 Å². The summed E-state index contributed by atoms with van der Waals surface area (Å²) in [5.41, 5.74) is 8.55. The molecule has 1 fully saturated rings. The molecule has 1 aliphatic carbocycles. The summed E-state index contributed by atoms with van der Waals surface area (Å²) in [6.45, 7) is 10.2. The molecule has 450 valence electrons. The Hall–Kier alpha value is -5.52. The number of fused-ring (bicyclic) bond motifs is 2. The molecule has 24 nitrogen and oxygen atoms in total. The molecule has 0 bridgehead atoms. The fourth-order valence-corrected chi connectivity index (χ4v) is 8.65. The molecule has 2 aromatic rings. The lowest BCUT2D eigenvalue weighted by molar-refractivity contribution is -0.197. The fraction of sp³-hybridized carbons (Fsp3) is 0.589. The standard InChI is InChI=1S/C56H80N4O20S/c1-67-18-19-69-22-23-71-26-27-73-30-31-75-34-35-77-38-39-78-37-36-76-33-32-74-29-28-72-25-24-70-21-20-68-17-16-59(15-5-3-4-6-54(63)80-60-52(61)13-14-53(60)62)56(64)46-12-9-45(81(2,65)66)42-49(46)55-47-10-7-43(57)40-50(47)79-51-41-44(58)8-11-48(51)55/h7-12,40-42,57H,3-6,13-39,58H2,1-2H3. The number of anilines is 1. The fourth-order valence-electron chi connectivity index (χ4n) is 8.00. The largest absolute Gasteiger partial charge is 0.456 e. The Balaban J connectivity index is 0.965. The number of carbonyl (C=O) groups excluding carboxylic acids is 4. The van der Waals surface area contributed by atoms with Gasteiger partial charge in [0.15, 0.2) is 9.84 Å². The summed E-state index contributed by atoms with van der Waals surface area (Å²) in [4.78, 5) is 57.8. The number of nitrogen functional groups attached to an aromatic ring is 1. The lowest BCUT2D eigenvalue weighted by Crippen LogP contribution is -2.35. The van der Waals surface area contributed by atoms with Gasteiger partial charge in [-0.2, -0.15) is 0 Å². The van der Waals surface area contributed by atoms with E-state index >= 15 is 0 Å². The highest BCUT2D eigenvalue weighted by Gasteiger charge is 2.33. The molecule has 2 heterocycles. The van der Waals surface area contributed by atoms with E-state index in [0.29, 0.717) is 196 Å². The highest BCUT2D eigenvalue weighted by Crippen LogP contribution is 2.42. The number of benzene rings is 3. The summed E-state index contributed by atoms with van der Waals surface area (Å²) in [6.07, 6.45) is 2.32. The average molecular weight is 1160 g/mol. The monoisotopic (exact) mass is 1160 g/mol. The average Bonchev–Trinajstić information content (AvgIpc) is 3.54. The maximum Gasteiger partial charge on any atom is 0.333 e. The molecule has 25 heteroatoms. The van der Waals surface area contributed by atoms with Gasteiger partial charge in [0, 0.05) is 85.6 Å². The minimum atomic E-state index is -3.74. The summed E-state index contributed by atoms with van der Waals surface area (Å²) in [6, 6.07) is 14.3. The topological polar surface area (TPSA) is 292 Å². The molecular weight excluding hydrogens is 1080 g/mol. The maximum atomic E-state index is 14.9. The first kappa shape index (κ1) is 66.3. The molecule has 0 atom stereocenters. The third-order valence-corrected chi connectivity index (χ3v) is 13.2. The molecule has 3 N–H and O–H groups in total. The van der Waals surface area contributed by atoms with Crippen LogP contribution in [0, 0.1) is 5.41 Å². The van der Waals surface area contributed by atoms with E-state index in [0.717, 1.165) is 6.26 Å². The van der Waals surface area contributed by atoms with Gasteiger partial charge in [-0.05, 0) is 60.9 Å². The summed E-state index contributed by atoms with van der Waals surface area (Å²) in [5, 5.41) is 9.55. The lowest BCUT2D eigenvalue weighted by Gasteiger charge is -2.25. The van der Waals surface area contributed by atoms with Gasteiger partial charge in [-0.15, -0.1) is 5.06 Å². The van der Waals surface area contributed by atoms with Crippen LogP contribution in [-0.2, 0) is 85.9 Å². The van der Waals surface area contributed by atoms with Gasteiger partial charge in [-0.1, -0.05) is 6.42 Å². The minimum Gasteiger partial charge on any atom is -0.456 e. The zero-order valence-electron chi connectivity index (χ0n) is 46.7. The van der Waals surface area contributed by atoms with Gasteiger partial charge in [0.1, 0.15) is 11.3 Å². The van der Waals surface area contributed by atoms with Crippen molar-refractivity contribution in [3.8, 4) is 22.5 Å². The van der Waals surface area contributed by atoms with Gasteiger partial charge in [0.25, 0.3) is 17.7 Å². The highest BCUT2D eigenvalue weighted by molar-refractivity contribution is 7.90. The van der Waals surface area contributed by atoms with Gasteiger partial charge in [0.05, 0.1) is 162 Å². The number of amides is 3. The molecule has 0 radical (unpaired) electrons. The number of sulfone groups is 1. The van der Waals surface area contributed by atoms with Gasteiger partial charge < -0.3 is 82.1 Å². The quantitative estimate of drug-likeness (QED) is 0.0272. The number of unbranched alkanes of at least 4 members (excludes halogenated alkanes) is 2. The van der Waals surface area contributed by atoms with Crippen molar-refractivity contribution in [3.05, 3.63) is 65.5 Å². The second kappa shape index (κ2) is 38.3. The molecule has 0 spiro atoms. The summed E-state index contributed by atoms with van der Waals surface area (Å²) < 4.78 is 98.2. The van der Waals surface area contributed by atoms with Gasteiger partial charge >= 0.3 is 5.97 Å². The van der Waals surface area contributed by atoms with Gasteiger partial charge in [-0.25, -0.2) is 13.2 Å². The Morgan fingerprint density at radius 1 is 0.580 bits per heavy atom. The SMILES string of the molecule is COCCOCCOCCOCCOCCOCCOCCOCCOCCOCCOCCOCCN(CCCCCC(=O)ON1C(=O)CCC1=O)C(=O)c1ccc(S(C)(=O)=O)cc1-c1c2ccc(=N)cc-2oc2cc(N)ccc12. The van der Waals surface area contributed by atoms with Crippen molar-refractivity contribution >= 4 is 50.2 Å². The number of hydrogen-bond acceptors (Lipinski definition) is 22. The van der Waals surface area contributed by atoms with E-state index in [1.165, 1.54) is 18.2 Å². The van der Waals surface area contributed by atoms with Gasteiger partial charge in [-0.3, -0.25) is 14.4 Å². The first-order valence-electron chi connectivity index (χ1n) is 27.2. The van der Waals surface area contributed by atoms with Crippen LogP contribution in [0.1, 0.15) is 48.9 Å².